The van der Waals surface area contributed by atoms with Crippen LogP contribution < -0.4 is 0 Å². The summed E-state index contributed by atoms with van der Waals surface area (Å²) in [6.45, 7) is 2.28. The third kappa shape index (κ3) is 9.16. The van der Waals surface area contributed by atoms with Crippen LogP contribution in [0.4, 0.5) is 0 Å². The lowest BCUT2D eigenvalue weighted by Gasteiger charge is -2.19. The molecule has 1 aliphatic rings. The third-order valence-corrected chi connectivity index (χ3v) is 5.21. The molecule has 0 aromatic heterocycles. The summed E-state index contributed by atoms with van der Waals surface area (Å²) in [4.78, 5) is 10.5. The van der Waals surface area contributed by atoms with Crippen molar-refractivity contribution in [2.24, 2.45) is 11.8 Å². The molecule has 0 aromatic carbocycles. The first-order chi connectivity index (χ1) is 10.2. The summed E-state index contributed by atoms with van der Waals surface area (Å²) in [5, 5.41) is 8.61. The van der Waals surface area contributed by atoms with Crippen molar-refractivity contribution in [1.82, 2.24) is 0 Å². The van der Waals surface area contributed by atoms with Crippen molar-refractivity contribution in [2.45, 2.75) is 103 Å². The van der Waals surface area contributed by atoms with Crippen LogP contribution in [0, 0.1) is 11.8 Å². The number of carboxylic acid groups (broad SMARTS) is 1. The van der Waals surface area contributed by atoms with E-state index in [1.807, 2.05) is 0 Å². The van der Waals surface area contributed by atoms with Gasteiger partial charge in [0.05, 0.1) is 0 Å². The lowest BCUT2D eigenvalue weighted by Crippen LogP contribution is -2.08. The predicted octanol–water partition coefficient (Wildman–Crippen LogP) is 6.19. The minimum absolute atomic E-state index is 0.351. The molecular formula is C19H36O2. The largest absolute Gasteiger partial charge is 0.481 e. The zero-order valence-electron chi connectivity index (χ0n) is 14.1. The second kappa shape index (κ2) is 12.1. The zero-order valence-corrected chi connectivity index (χ0v) is 14.1. The lowest BCUT2D eigenvalue weighted by atomic mass is 9.86. The summed E-state index contributed by atoms with van der Waals surface area (Å²) >= 11 is 0. The zero-order chi connectivity index (χ0) is 15.3. The quantitative estimate of drug-likeness (QED) is 0.411. The summed E-state index contributed by atoms with van der Waals surface area (Å²) < 4.78 is 0. The summed E-state index contributed by atoms with van der Waals surface area (Å²) in [7, 11) is 0. The van der Waals surface area contributed by atoms with Gasteiger partial charge in [-0.05, 0) is 18.3 Å². The minimum atomic E-state index is -0.645. The Hall–Kier alpha value is -0.530. The number of rotatable bonds is 13. The molecule has 0 aliphatic heterocycles. The van der Waals surface area contributed by atoms with E-state index >= 15 is 0 Å². The highest BCUT2D eigenvalue weighted by Crippen LogP contribution is 2.38. The number of aliphatic carboxylic acids is 1. The van der Waals surface area contributed by atoms with Crippen molar-refractivity contribution in [3.63, 3.8) is 0 Å². The maximum absolute atomic E-state index is 10.5. The van der Waals surface area contributed by atoms with E-state index in [2.05, 4.69) is 6.92 Å². The fraction of sp³-hybridized carbons (Fsp3) is 0.947. The highest BCUT2D eigenvalue weighted by atomic mass is 16.4. The second-order valence-corrected chi connectivity index (χ2v) is 7.00. The first-order valence-corrected chi connectivity index (χ1v) is 9.45. The summed E-state index contributed by atoms with van der Waals surface area (Å²) in [6.07, 6.45) is 19.1. The van der Waals surface area contributed by atoms with Crippen molar-refractivity contribution in [2.75, 3.05) is 0 Å². The van der Waals surface area contributed by atoms with Crippen molar-refractivity contribution in [3.8, 4) is 0 Å². The second-order valence-electron chi connectivity index (χ2n) is 7.00. The van der Waals surface area contributed by atoms with Crippen LogP contribution >= 0.6 is 0 Å². The van der Waals surface area contributed by atoms with Crippen molar-refractivity contribution < 1.29 is 9.90 Å². The Balaban J connectivity index is 2.00. The Morgan fingerprint density at radius 1 is 0.857 bits per heavy atom. The number of hydrogen-bond donors (Lipinski definition) is 1. The molecule has 1 rings (SSSR count). The van der Waals surface area contributed by atoms with Gasteiger partial charge >= 0.3 is 5.97 Å². The molecule has 0 bridgehead atoms. The molecule has 2 unspecified atom stereocenters. The van der Waals surface area contributed by atoms with E-state index < -0.39 is 5.97 Å². The molecule has 0 amide bonds. The summed E-state index contributed by atoms with van der Waals surface area (Å²) in [6, 6.07) is 0. The normalized spacial score (nSPS) is 21.8. The molecule has 2 atom stereocenters. The van der Waals surface area contributed by atoms with Gasteiger partial charge < -0.3 is 5.11 Å². The number of unbranched alkanes of at least 4 members (excludes halogenated alkanes) is 7. The van der Waals surface area contributed by atoms with E-state index in [-0.39, 0.29) is 0 Å². The van der Waals surface area contributed by atoms with E-state index in [4.69, 9.17) is 5.11 Å². The molecular weight excluding hydrogens is 260 g/mol. The number of carbonyl (C=O) groups is 1. The average molecular weight is 296 g/mol. The van der Waals surface area contributed by atoms with Gasteiger partial charge in [-0.25, -0.2) is 0 Å². The first kappa shape index (κ1) is 18.5. The molecule has 2 heteroatoms. The van der Waals surface area contributed by atoms with E-state index in [1.165, 1.54) is 77.0 Å². The molecule has 1 aliphatic carbocycles. The molecule has 1 N–H and O–H groups in total. The van der Waals surface area contributed by atoms with Crippen LogP contribution in [0.3, 0.4) is 0 Å². The average Bonchev–Trinajstić information content (AvgIpc) is 2.89. The van der Waals surface area contributed by atoms with Crippen molar-refractivity contribution >= 4 is 5.97 Å². The molecule has 124 valence electrons. The maximum atomic E-state index is 10.5. The van der Waals surface area contributed by atoms with Crippen LogP contribution in [0.1, 0.15) is 103 Å². The van der Waals surface area contributed by atoms with Crippen LogP contribution in [0.25, 0.3) is 0 Å². The monoisotopic (exact) mass is 296 g/mol. The Morgan fingerprint density at radius 3 is 1.90 bits per heavy atom. The standard InChI is InChI=1S/C19H36O2/c1-2-3-4-5-8-12-17-14-11-15-18(17)13-9-6-7-10-16-19(20)21/h17-18H,2-16H2,1H3,(H,20,21). The Kier molecular flexibility index (Phi) is 10.6. The van der Waals surface area contributed by atoms with Crippen LogP contribution in [0.15, 0.2) is 0 Å². The Bertz CT molecular complexity index is 262. The first-order valence-electron chi connectivity index (χ1n) is 9.45. The van der Waals surface area contributed by atoms with E-state index in [1.54, 1.807) is 0 Å². The minimum Gasteiger partial charge on any atom is -0.481 e. The molecule has 1 fully saturated rings. The number of carboxylic acids is 1. The van der Waals surface area contributed by atoms with Gasteiger partial charge in [-0.3, -0.25) is 4.79 Å². The maximum Gasteiger partial charge on any atom is 0.303 e. The van der Waals surface area contributed by atoms with E-state index in [9.17, 15) is 4.79 Å². The SMILES string of the molecule is CCCCCCCC1CCCC1CCCCCCC(=O)O. The van der Waals surface area contributed by atoms with Crippen LogP contribution in [-0.2, 0) is 4.79 Å². The highest BCUT2D eigenvalue weighted by molar-refractivity contribution is 5.66. The van der Waals surface area contributed by atoms with Crippen molar-refractivity contribution in [3.05, 3.63) is 0 Å². The van der Waals surface area contributed by atoms with E-state index in [0.29, 0.717) is 6.42 Å². The molecule has 21 heavy (non-hydrogen) atoms. The van der Waals surface area contributed by atoms with Crippen LogP contribution in [0.2, 0.25) is 0 Å². The summed E-state index contributed by atoms with van der Waals surface area (Å²) in [5.41, 5.74) is 0. The predicted molar refractivity (Wildman–Crippen MR) is 89.5 cm³/mol. The van der Waals surface area contributed by atoms with Crippen LogP contribution in [-0.4, -0.2) is 11.1 Å². The third-order valence-electron chi connectivity index (χ3n) is 5.21. The fourth-order valence-electron chi connectivity index (χ4n) is 3.92. The lowest BCUT2D eigenvalue weighted by molar-refractivity contribution is -0.137. The van der Waals surface area contributed by atoms with Gasteiger partial charge in [-0.15, -0.1) is 0 Å². The van der Waals surface area contributed by atoms with Gasteiger partial charge in [0.2, 0.25) is 0 Å². The number of hydrogen-bond acceptors (Lipinski definition) is 1. The highest BCUT2D eigenvalue weighted by Gasteiger charge is 2.25. The molecule has 0 saturated heterocycles. The van der Waals surface area contributed by atoms with Gasteiger partial charge in [0.15, 0.2) is 0 Å². The summed E-state index contributed by atoms with van der Waals surface area (Å²) in [5.74, 6) is 1.34. The van der Waals surface area contributed by atoms with Crippen molar-refractivity contribution in [1.29, 1.82) is 0 Å². The van der Waals surface area contributed by atoms with Gasteiger partial charge in [0, 0.05) is 6.42 Å². The molecule has 1 saturated carbocycles. The molecule has 2 nitrogen and oxygen atoms in total. The molecule has 0 heterocycles. The Morgan fingerprint density at radius 2 is 1.38 bits per heavy atom. The Labute approximate surface area is 131 Å². The van der Waals surface area contributed by atoms with Gasteiger partial charge in [0.25, 0.3) is 0 Å². The van der Waals surface area contributed by atoms with E-state index in [0.717, 1.165) is 24.7 Å². The molecule has 0 aromatic rings. The topological polar surface area (TPSA) is 37.3 Å². The fourth-order valence-corrected chi connectivity index (χ4v) is 3.92. The smallest absolute Gasteiger partial charge is 0.303 e. The van der Waals surface area contributed by atoms with Gasteiger partial charge in [-0.1, -0.05) is 90.4 Å². The molecule has 0 radical (unpaired) electrons. The van der Waals surface area contributed by atoms with Gasteiger partial charge in [0.1, 0.15) is 0 Å². The molecule has 0 spiro atoms. The van der Waals surface area contributed by atoms with Crippen LogP contribution in [0.5, 0.6) is 0 Å². The van der Waals surface area contributed by atoms with Gasteiger partial charge in [-0.2, -0.15) is 0 Å².